The topological polar surface area (TPSA) is 67.5 Å². The molecule has 1 aromatic carbocycles. The number of hydrogen-bond acceptors (Lipinski definition) is 4. The summed E-state index contributed by atoms with van der Waals surface area (Å²) >= 11 is 0. The highest BCUT2D eigenvalue weighted by Gasteiger charge is 2.40. The van der Waals surface area contributed by atoms with Gasteiger partial charge in [0.05, 0.1) is 18.2 Å². The second-order valence-electron chi connectivity index (χ2n) is 4.34. The maximum absolute atomic E-state index is 9.62. The molecule has 4 heteroatoms. The molecule has 1 aliphatic rings. The number of hydrogen-bond donors (Lipinski definition) is 2. The summed E-state index contributed by atoms with van der Waals surface area (Å²) in [4.78, 5) is 2.03. The summed E-state index contributed by atoms with van der Waals surface area (Å²) in [5.74, 6) is 0. The quantitative estimate of drug-likeness (QED) is 0.755. The third kappa shape index (κ3) is 2.22. The van der Waals surface area contributed by atoms with Crippen LogP contribution in [0.5, 0.6) is 0 Å². The van der Waals surface area contributed by atoms with Crippen LogP contribution in [0.25, 0.3) is 0 Å². The van der Waals surface area contributed by atoms with Gasteiger partial charge in [-0.1, -0.05) is 12.1 Å². The predicted molar refractivity (Wildman–Crippen MR) is 58.5 cm³/mol. The van der Waals surface area contributed by atoms with Crippen molar-refractivity contribution >= 4 is 0 Å². The van der Waals surface area contributed by atoms with E-state index in [1.165, 1.54) is 0 Å². The molecule has 2 N–H and O–H groups in total. The van der Waals surface area contributed by atoms with Gasteiger partial charge in [-0.3, -0.25) is 4.90 Å². The summed E-state index contributed by atoms with van der Waals surface area (Å²) in [6.45, 7) is 1.49. The third-order valence-corrected chi connectivity index (χ3v) is 2.79. The van der Waals surface area contributed by atoms with Crippen molar-refractivity contribution in [3.8, 4) is 6.07 Å². The molecular formula is C12H14N2O2. The second-order valence-corrected chi connectivity index (χ2v) is 4.34. The van der Waals surface area contributed by atoms with E-state index in [1.54, 1.807) is 6.07 Å². The Balaban J connectivity index is 1.94. The van der Waals surface area contributed by atoms with Crippen LogP contribution in [0.2, 0.25) is 0 Å². The van der Waals surface area contributed by atoms with Gasteiger partial charge in [0.15, 0.2) is 0 Å². The van der Waals surface area contributed by atoms with E-state index in [9.17, 15) is 5.11 Å². The predicted octanol–water partition coefficient (Wildman–Crippen LogP) is 0.0973. The summed E-state index contributed by atoms with van der Waals surface area (Å²) in [7, 11) is 0. The zero-order valence-corrected chi connectivity index (χ0v) is 8.93. The van der Waals surface area contributed by atoms with Crippen LogP contribution < -0.4 is 0 Å². The van der Waals surface area contributed by atoms with Crippen molar-refractivity contribution in [3.05, 3.63) is 35.4 Å². The largest absolute Gasteiger partial charge is 0.393 e. The Hall–Kier alpha value is -1.41. The zero-order chi connectivity index (χ0) is 11.6. The van der Waals surface area contributed by atoms with Crippen LogP contribution in [0.1, 0.15) is 11.1 Å². The third-order valence-electron chi connectivity index (χ3n) is 2.79. The first-order valence-electron chi connectivity index (χ1n) is 5.20. The van der Waals surface area contributed by atoms with Crippen molar-refractivity contribution in [3.63, 3.8) is 0 Å². The Morgan fingerprint density at radius 3 is 2.81 bits per heavy atom. The highest BCUT2D eigenvalue weighted by molar-refractivity contribution is 5.32. The van der Waals surface area contributed by atoms with Gasteiger partial charge in [-0.2, -0.15) is 5.26 Å². The molecule has 0 amide bonds. The van der Waals surface area contributed by atoms with Crippen LogP contribution in [0.3, 0.4) is 0 Å². The summed E-state index contributed by atoms with van der Waals surface area (Å²) in [6, 6.07) is 9.52. The molecule has 0 aliphatic carbocycles. The van der Waals surface area contributed by atoms with Gasteiger partial charge in [0.1, 0.15) is 5.60 Å². The molecule has 1 aromatic rings. The molecule has 1 aliphatic heterocycles. The van der Waals surface area contributed by atoms with Gasteiger partial charge in [0.2, 0.25) is 0 Å². The van der Waals surface area contributed by atoms with Crippen molar-refractivity contribution in [1.82, 2.24) is 4.90 Å². The Morgan fingerprint density at radius 1 is 1.44 bits per heavy atom. The molecule has 0 unspecified atom stereocenters. The standard InChI is InChI=1S/C12H14N2O2/c13-5-10-2-1-3-11(4-10)6-14-7-12(16,8-14)9-15/h1-4,15-16H,6-9H2. The molecule has 4 nitrogen and oxygen atoms in total. The van der Waals surface area contributed by atoms with E-state index in [1.807, 2.05) is 23.1 Å². The molecule has 1 heterocycles. The number of aliphatic hydroxyl groups is 2. The van der Waals surface area contributed by atoms with Gasteiger partial charge in [-0.05, 0) is 17.7 Å². The van der Waals surface area contributed by atoms with Crippen LogP contribution in [0.4, 0.5) is 0 Å². The first-order chi connectivity index (χ1) is 7.65. The Bertz CT molecular complexity index is 419. The second kappa shape index (κ2) is 4.22. The lowest BCUT2D eigenvalue weighted by atomic mass is 9.94. The number of likely N-dealkylation sites (tertiary alicyclic amines) is 1. The van der Waals surface area contributed by atoms with Crippen LogP contribution >= 0.6 is 0 Å². The fraction of sp³-hybridized carbons (Fsp3) is 0.417. The van der Waals surface area contributed by atoms with Crippen molar-refractivity contribution in [2.24, 2.45) is 0 Å². The molecule has 0 spiro atoms. The molecule has 0 radical (unpaired) electrons. The van der Waals surface area contributed by atoms with Crippen molar-refractivity contribution in [2.45, 2.75) is 12.1 Å². The minimum atomic E-state index is -0.924. The van der Waals surface area contributed by atoms with Gasteiger partial charge < -0.3 is 10.2 Å². The van der Waals surface area contributed by atoms with E-state index in [0.717, 1.165) is 5.56 Å². The minimum Gasteiger partial charge on any atom is -0.393 e. The minimum absolute atomic E-state index is 0.193. The lowest BCUT2D eigenvalue weighted by molar-refractivity contribution is -0.128. The van der Waals surface area contributed by atoms with Gasteiger partial charge in [-0.25, -0.2) is 0 Å². The first-order valence-corrected chi connectivity index (χ1v) is 5.20. The normalized spacial score (nSPS) is 18.8. The Labute approximate surface area is 94.4 Å². The van der Waals surface area contributed by atoms with Crippen LogP contribution in [0, 0.1) is 11.3 Å². The van der Waals surface area contributed by atoms with E-state index in [2.05, 4.69) is 6.07 Å². The van der Waals surface area contributed by atoms with Crippen molar-refractivity contribution in [1.29, 1.82) is 5.26 Å². The molecule has 16 heavy (non-hydrogen) atoms. The number of rotatable bonds is 3. The van der Waals surface area contributed by atoms with E-state index in [-0.39, 0.29) is 6.61 Å². The fourth-order valence-corrected chi connectivity index (χ4v) is 2.00. The van der Waals surface area contributed by atoms with Gasteiger partial charge in [0.25, 0.3) is 0 Å². The highest BCUT2D eigenvalue weighted by atomic mass is 16.3. The monoisotopic (exact) mass is 218 g/mol. The number of nitrogens with zero attached hydrogens (tertiary/aromatic N) is 2. The molecule has 2 rings (SSSR count). The van der Waals surface area contributed by atoms with Crippen molar-refractivity contribution in [2.75, 3.05) is 19.7 Å². The molecule has 0 atom stereocenters. The maximum atomic E-state index is 9.62. The Kier molecular flexibility index (Phi) is 2.92. The number of β-amino-alcohol motifs (C(OH)–C–C–N with tert-alkyl or cyclic N) is 1. The van der Waals surface area contributed by atoms with Gasteiger partial charge in [-0.15, -0.1) is 0 Å². The molecule has 1 saturated heterocycles. The average molecular weight is 218 g/mol. The average Bonchev–Trinajstić information content (AvgIpc) is 2.27. The summed E-state index contributed by atoms with van der Waals surface area (Å²) in [5, 5.41) is 27.3. The molecule has 0 aromatic heterocycles. The van der Waals surface area contributed by atoms with Crippen LogP contribution in [0.15, 0.2) is 24.3 Å². The molecule has 84 valence electrons. The highest BCUT2D eigenvalue weighted by Crippen LogP contribution is 2.22. The van der Waals surface area contributed by atoms with E-state index in [0.29, 0.717) is 25.2 Å². The van der Waals surface area contributed by atoms with Gasteiger partial charge >= 0.3 is 0 Å². The van der Waals surface area contributed by atoms with Crippen molar-refractivity contribution < 1.29 is 10.2 Å². The SMILES string of the molecule is N#Cc1cccc(CN2CC(O)(CO)C2)c1. The summed E-state index contributed by atoms with van der Waals surface area (Å²) < 4.78 is 0. The molecule has 0 saturated carbocycles. The fourth-order valence-electron chi connectivity index (χ4n) is 2.00. The summed E-state index contributed by atoms with van der Waals surface area (Å²) in [6.07, 6.45) is 0. The maximum Gasteiger partial charge on any atom is 0.113 e. The van der Waals surface area contributed by atoms with E-state index < -0.39 is 5.60 Å². The number of nitriles is 1. The molecule has 0 bridgehead atoms. The summed E-state index contributed by atoms with van der Waals surface area (Å²) in [5.41, 5.74) is 0.779. The van der Waals surface area contributed by atoms with Gasteiger partial charge in [0, 0.05) is 19.6 Å². The van der Waals surface area contributed by atoms with E-state index >= 15 is 0 Å². The van der Waals surface area contributed by atoms with Crippen LogP contribution in [-0.4, -0.2) is 40.4 Å². The number of benzene rings is 1. The molecule has 1 fully saturated rings. The zero-order valence-electron chi connectivity index (χ0n) is 8.93. The van der Waals surface area contributed by atoms with E-state index in [4.69, 9.17) is 10.4 Å². The lowest BCUT2D eigenvalue weighted by Gasteiger charge is -2.45. The Morgan fingerprint density at radius 2 is 2.19 bits per heavy atom. The lowest BCUT2D eigenvalue weighted by Crippen LogP contribution is -2.63. The first kappa shape index (κ1) is 11.1. The molecular weight excluding hydrogens is 204 g/mol. The van der Waals surface area contributed by atoms with Crippen LogP contribution in [-0.2, 0) is 6.54 Å². The number of aliphatic hydroxyl groups excluding tert-OH is 1. The smallest absolute Gasteiger partial charge is 0.113 e.